The van der Waals surface area contributed by atoms with Crippen molar-refractivity contribution in [2.75, 3.05) is 38.1 Å². The summed E-state index contributed by atoms with van der Waals surface area (Å²) in [6.07, 6.45) is 1.91. The lowest BCUT2D eigenvalue weighted by molar-refractivity contribution is 0.0707. The van der Waals surface area contributed by atoms with Crippen molar-refractivity contribution in [1.29, 1.82) is 0 Å². The largest absolute Gasteiger partial charge is 0.339 e. The molecule has 0 radical (unpaired) electrons. The van der Waals surface area contributed by atoms with Crippen molar-refractivity contribution < 1.29 is 9.59 Å². The van der Waals surface area contributed by atoms with Gasteiger partial charge in [-0.05, 0) is 38.1 Å². The highest BCUT2D eigenvalue weighted by Gasteiger charge is 2.26. The van der Waals surface area contributed by atoms with Crippen LogP contribution in [-0.2, 0) is 0 Å². The molecule has 0 unspecified atom stereocenters. The number of nitrogens with one attached hydrogen (secondary N) is 2. The molecular weight excluding hydrogens is 351 g/mol. The van der Waals surface area contributed by atoms with Crippen LogP contribution in [0.15, 0.2) is 18.2 Å². The monoisotopic (exact) mass is 372 g/mol. The third-order valence-corrected chi connectivity index (χ3v) is 4.85. The van der Waals surface area contributed by atoms with Gasteiger partial charge < -0.3 is 15.5 Å². The first-order valence-electron chi connectivity index (χ1n) is 7.91. The van der Waals surface area contributed by atoms with Gasteiger partial charge in [-0.2, -0.15) is 0 Å². The number of carbonyl (C=O) groups excluding carboxylic acids is 2. The number of anilines is 1. The standard InChI is InChI=1S/C16H21ClN4O2.ClH/c1-18-12-4-7-20(8-5-12)15(22)11-2-3-13(17)14(10-11)21-9-6-19-16(21)23;/h2-3,10,12,18H,4-9H2,1H3,(H,19,23);1H. The minimum Gasteiger partial charge on any atom is -0.339 e. The summed E-state index contributed by atoms with van der Waals surface area (Å²) in [7, 11) is 1.95. The molecule has 1 aromatic rings. The van der Waals surface area contributed by atoms with Crippen molar-refractivity contribution in [2.45, 2.75) is 18.9 Å². The van der Waals surface area contributed by atoms with E-state index < -0.39 is 0 Å². The number of carbonyl (C=O) groups is 2. The molecule has 2 saturated heterocycles. The lowest BCUT2D eigenvalue weighted by Crippen LogP contribution is -2.44. The highest BCUT2D eigenvalue weighted by atomic mass is 35.5. The molecule has 0 bridgehead atoms. The Bertz CT molecular complexity index is 618. The van der Waals surface area contributed by atoms with Crippen LogP contribution >= 0.6 is 24.0 Å². The zero-order chi connectivity index (χ0) is 16.4. The molecule has 0 aromatic heterocycles. The van der Waals surface area contributed by atoms with E-state index in [1.165, 1.54) is 0 Å². The van der Waals surface area contributed by atoms with E-state index >= 15 is 0 Å². The summed E-state index contributed by atoms with van der Waals surface area (Å²) in [6, 6.07) is 5.45. The Hall–Kier alpha value is -1.50. The second kappa shape index (κ2) is 8.05. The van der Waals surface area contributed by atoms with Gasteiger partial charge in [-0.1, -0.05) is 11.6 Å². The molecule has 3 rings (SSSR count). The van der Waals surface area contributed by atoms with Gasteiger partial charge in [0, 0.05) is 37.8 Å². The number of hydrogen-bond acceptors (Lipinski definition) is 3. The number of urea groups is 1. The fourth-order valence-corrected chi connectivity index (χ4v) is 3.33. The van der Waals surface area contributed by atoms with E-state index in [1.807, 2.05) is 11.9 Å². The van der Waals surface area contributed by atoms with Crippen LogP contribution in [-0.4, -0.2) is 56.1 Å². The maximum absolute atomic E-state index is 12.7. The first-order valence-corrected chi connectivity index (χ1v) is 8.29. The van der Waals surface area contributed by atoms with Gasteiger partial charge in [0.1, 0.15) is 0 Å². The second-order valence-electron chi connectivity index (χ2n) is 5.90. The average Bonchev–Trinajstić information content (AvgIpc) is 3.00. The van der Waals surface area contributed by atoms with Crippen molar-refractivity contribution in [2.24, 2.45) is 0 Å². The molecule has 0 saturated carbocycles. The van der Waals surface area contributed by atoms with Crippen LogP contribution in [0.2, 0.25) is 5.02 Å². The van der Waals surface area contributed by atoms with Gasteiger partial charge in [0.2, 0.25) is 0 Å². The molecule has 2 N–H and O–H groups in total. The zero-order valence-electron chi connectivity index (χ0n) is 13.5. The van der Waals surface area contributed by atoms with Crippen LogP contribution in [0.25, 0.3) is 0 Å². The van der Waals surface area contributed by atoms with E-state index in [2.05, 4.69) is 10.6 Å². The smallest absolute Gasteiger partial charge is 0.322 e. The maximum Gasteiger partial charge on any atom is 0.322 e. The Morgan fingerprint density at radius 3 is 2.58 bits per heavy atom. The van der Waals surface area contributed by atoms with E-state index in [4.69, 9.17) is 11.6 Å². The van der Waals surface area contributed by atoms with Crippen LogP contribution in [0, 0.1) is 0 Å². The van der Waals surface area contributed by atoms with Crippen LogP contribution in [0.3, 0.4) is 0 Å². The summed E-state index contributed by atoms with van der Waals surface area (Å²) in [4.78, 5) is 28.0. The fraction of sp³-hybridized carbons (Fsp3) is 0.500. The van der Waals surface area contributed by atoms with Gasteiger partial charge in [0.05, 0.1) is 10.7 Å². The zero-order valence-corrected chi connectivity index (χ0v) is 15.1. The number of rotatable bonds is 3. The Labute approximate surface area is 152 Å². The molecule has 8 heteroatoms. The van der Waals surface area contributed by atoms with Crippen LogP contribution in [0.5, 0.6) is 0 Å². The number of benzene rings is 1. The highest BCUT2D eigenvalue weighted by molar-refractivity contribution is 6.34. The van der Waals surface area contributed by atoms with Crippen molar-refractivity contribution >= 4 is 41.6 Å². The Morgan fingerprint density at radius 2 is 2.00 bits per heavy atom. The molecule has 0 atom stereocenters. The van der Waals surface area contributed by atoms with E-state index in [1.54, 1.807) is 23.1 Å². The van der Waals surface area contributed by atoms with Gasteiger partial charge in [0.15, 0.2) is 0 Å². The van der Waals surface area contributed by atoms with Crippen molar-refractivity contribution in [1.82, 2.24) is 15.5 Å². The molecule has 3 amide bonds. The van der Waals surface area contributed by atoms with Crippen LogP contribution < -0.4 is 15.5 Å². The third kappa shape index (κ3) is 3.77. The quantitative estimate of drug-likeness (QED) is 0.853. The number of likely N-dealkylation sites (tertiary alicyclic amines) is 1. The third-order valence-electron chi connectivity index (χ3n) is 4.53. The maximum atomic E-state index is 12.7. The van der Waals surface area contributed by atoms with Gasteiger partial charge in [-0.15, -0.1) is 12.4 Å². The summed E-state index contributed by atoms with van der Waals surface area (Å²) in [5, 5.41) is 6.48. The summed E-state index contributed by atoms with van der Waals surface area (Å²) < 4.78 is 0. The number of nitrogens with zero attached hydrogens (tertiary/aromatic N) is 2. The molecule has 2 aliphatic rings. The molecule has 132 valence electrons. The Morgan fingerprint density at radius 1 is 1.29 bits per heavy atom. The number of halogens is 2. The molecule has 0 spiro atoms. The van der Waals surface area contributed by atoms with Crippen molar-refractivity contribution in [3.8, 4) is 0 Å². The molecule has 2 aliphatic heterocycles. The lowest BCUT2D eigenvalue weighted by Gasteiger charge is -2.32. The van der Waals surface area contributed by atoms with Crippen molar-refractivity contribution in [3.05, 3.63) is 28.8 Å². The molecule has 1 aromatic carbocycles. The molecule has 6 nitrogen and oxygen atoms in total. The number of amides is 3. The van der Waals surface area contributed by atoms with Crippen LogP contribution in [0.1, 0.15) is 23.2 Å². The van der Waals surface area contributed by atoms with E-state index in [-0.39, 0.29) is 24.3 Å². The van der Waals surface area contributed by atoms with E-state index in [0.29, 0.717) is 35.4 Å². The summed E-state index contributed by atoms with van der Waals surface area (Å²) in [5.41, 5.74) is 1.17. The number of piperidine rings is 1. The summed E-state index contributed by atoms with van der Waals surface area (Å²) >= 11 is 6.22. The minimum atomic E-state index is -0.175. The normalized spacial score (nSPS) is 18.3. The first kappa shape index (κ1) is 18.8. The summed E-state index contributed by atoms with van der Waals surface area (Å²) in [5.74, 6) is -0.00271. The molecule has 24 heavy (non-hydrogen) atoms. The lowest BCUT2D eigenvalue weighted by atomic mass is 10.0. The molecule has 2 fully saturated rings. The predicted octanol–water partition coefficient (Wildman–Crippen LogP) is 2.12. The first-order chi connectivity index (χ1) is 11.1. The van der Waals surface area contributed by atoms with E-state index in [0.717, 1.165) is 25.9 Å². The van der Waals surface area contributed by atoms with E-state index in [9.17, 15) is 9.59 Å². The topological polar surface area (TPSA) is 64.7 Å². The number of hydrogen-bond donors (Lipinski definition) is 2. The molecular formula is C16H22Cl2N4O2. The average molecular weight is 373 g/mol. The minimum absolute atomic E-state index is 0. The predicted molar refractivity (Wildman–Crippen MR) is 97.4 cm³/mol. The Balaban J connectivity index is 0.00000208. The Kier molecular flexibility index (Phi) is 6.32. The van der Waals surface area contributed by atoms with Crippen LogP contribution in [0.4, 0.5) is 10.5 Å². The molecule has 0 aliphatic carbocycles. The highest BCUT2D eigenvalue weighted by Crippen LogP contribution is 2.29. The fourth-order valence-electron chi connectivity index (χ4n) is 3.11. The SMILES string of the molecule is CNC1CCN(C(=O)c2ccc(Cl)c(N3CCNC3=O)c2)CC1.Cl. The second-order valence-corrected chi connectivity index (χ2v) is 6.31. The van der Waals surface area contributed by atoms with Gasteiger partial charge in [0.25, 0.3) is 5.91 Å². The van der Waals surface area contributed by atoms with Gasteiger partial charge >= 0.3 is 6.03 Å². The van der Waals surface area contributed by atoms with Crippen molar-refractivity contribution in [3.63, 3.8) is 0 Å². The molecule has 2 heterocycles. The van der Waals surface area contributed by atoms with Gasteiger partial charge in [-0.3, -0.25) is 9.69 Å². The summed E-state index contributed by atoms with van der Waals surface area (Å²) in [6.45, 7) is 2.63. The van der Waals surface area contributed by atoms with Gasteiger partial charge in [-0.25, -0.2) is 4.79 Å².